The molecule has 0 bridgehead atoms. The number of benzene rings is 1. The van der Waals surface area contributed by atoms with E-state index in [0.717, 1.165) is 33.3 Å². The van der Waals surface area contributed by atoms with Crippen molar-refractivity contribution in [3.63, 3.8) is 0 Å². The lowest BCUT2D eigenvalue weighted by atomic mass is 10.1. The van der Waals surface area contributed by atoms with Crippen molar-refractivity contribution in [3.8, 4) is 11.4 Å². The molecule has 3 aromatic heterocycles. The minimum atomic E-state index is 0.665. The van der Waals surface area contributed by atoms with Crippen molar-refractivity contribution in [1.29, 1.82) is 0 Å². The molecule has 5 heteroatoms. The second kappa shape index (κ2) is 4.28. The van der Waals surface area contributed by atoms with Crippen LogP contribution in [0, 0.1) is 6.92 Å². The number of aryl methyl sites for hydroxylation is 1. The average Bonchev–Trinajstić information content (AvgIpc) is 2.90. The van der Waals surface area contributed by atoms with Crippen molar-refractivity contribution < 1.29 is 0 Å². The normalized spacial score (nSPS) is 11.3. The van der Waals surface area contributed by atoms with Gasteiger partial charge in [0.25, 0.3) is 0 Å². The molecule has 0 spiro atoms. The van der Waals surface area contributed by atoms with Crippen LogP contribution < -0.4 is 5.73 Å². The van der Waals surface area contributed by atoms with Crippen LogP contribution in [0.3, 0.4) is 0 Å². The first-order valence-electron chi connectivity index (χ1n) is 6.67. The zero-order valence-electron chi connectivity index (χ0n) is 11.5. The standard InChI is InChI=1S/C16H13N5/c1-9-2-3-12-13(6-9)21-16(20-12)11-7-19-14-8-18-5-4-10(14)15(11)17/h2-8H,1H3,(H2,17,19)(H,20,21). The van der Waals surface area contributed by atoms with Gasteiger partial charge in [-0.05, 0) is 30.7 Å². The Hall–Kier alpha value is -2.95. The van der Waals surface area contributed by atoms with Crippen molar-refractivity contribution in [3.05, 3.63) is 48.4 Å². The molecule has 4 rings (SSSR count). The van der Waals surface area contributed by atoms with Gasteiger partial charge < -0.3 is 10.7 Å². The number of anilines is 1. The maximum atomic E-state index is 6.27. The number of hydrogen-bond donors (Lipinski definition) is 2. The summed E-state index contributed by atoms with van der Waals surface area (Å²) >= 11 is 0. The molecular formula is C16H13N5. The SMILES string of the molecule is Cc1ccc2[nH]c(-c3cnc4cnccc4c3N)nc2c1. The molecule has 0 aliphatic rings. The highest BCUT2D eigenvalue weighted by Crippen LogP contribution is 2.30. The molecule has 0 unspecified atom stereocenters. The molecular weight excluding hydrogens is 262 g/mol. The fourth-order valence-electron chi connectivity index (χ4n) is 2.50. The van der Waals surface area contributed by atoms with E-state index in [2.05, 4.69) is 26.0 Å². The third kappa shape index (κ3) is 1.82. The maximum absolute atomic E-state index is 6.27. The Kier molecular flexibility index (Phi) is 2.41. The highest BCUT2D eigenvalue weighted by molar-refractivity contribution is 5.97. The van der Waals surface area contributed by atoms with Gasteiger partial charge in [0.15, 0.2) is 0 Å². The van der Waals surface area contributed by atoms with Crippen molar-refractivity contribution in [2.75, 3.05) is 5.73 Å². The smallest absolute Gasteiger partial charge is 0.142 e. The highest BCUT2D eigenvalue weighted by atomic mass is 14.9. The lowest BCUT2D eigenvalue weighted by Gasteiger charge is -2.05. The Labute approximate surface area is 120 Å². The number of rotatable bonds is 1. The number of H-pyrrole nitrogens is 1. The Bertz CT molecular complexity index is 971. The van der Waals surface area contributed by atoms with Gasteiger partial charge in [-0.1, -0.05) is 6.07 Å². The summed E-state index contributed by atoms with van der Waals surface area (Å²) in [4.78, 5) is 16.4. The number of fused-ring (bicyclic) bond motifs is 2. The van der Waals surface area contributed by atoms with Gasteiger partial charge in [0.05, 0.1) is 34.0 Å². The molecule has 0 fully saturated rings. The van der Waals surface area contributed by atoms with Gasteiger partial charge in [-0.25, -0.2) is 4.98 Å². The largest absolute Gasteiger partial charge is 0.398 e. The van der Waals surface area contributed by atoms with Gasteiger partial charge in [0.1, 0.15) is 5.82 Å². The summed E-state index contributed by atoms with van der Waals surface area (Å²) in [5.41, 5.74) is 11.6. The molecule has 0 amide bonds. The molecule has 1 aromatic carbocycles. The monoisotopic (exact) mass is 275 g/mol. The third-order valence-corrected chi connectivity index (χ3v) is 3.61. The van der Waals surface area contributed by atoms with Crippen LogP contribution >= 0.6 is 0 Å². The first-order valence-corrected chi connectivity index (χ1v) is 6.67. The summed E-state index contributed by atoms with van der Waals surface area (Å²) in [6, 6.07) is 7.99. The molecule has 0 radical (unpaired) electrons. The quantitative estimate of drug-likeness (QED) is 0.559. The fraction of sp³-hybridized carbons (Fsp3) is 0.0625. The number of aromatic amines is 1. The lowest BCUT2D eigenvalue weighted by molar-refractivity contribution is 1.28. The van der Waals surface area contributed by atoms with Crippen molar-refractivity contribution in [2.24, 2.45) is 0 Å². The second-order valence-electron chi connectivity index (χ2n) is 5.08. The predicted octanol–water partition coefficient (Wildman–Crippen LogP) is 3.06. The van der Waals surface area contributed by atoms with E-state index in [4.69, 9.17) is 5.73 Å². The van der Waals surface area contributed by atoms with Crippen LogP contribution in [-0.4, -0.2) is 19.9 Å². The zero-order valence-corrected chi connectivity index (χ0v) is 11.5. The maximum Gasteiger partial charge on any atom is 0.142 e. The first-order chi connectivity index (χ1) is 10.2. The Morgan fingerprint density at radius 3 is 2.90 bits per heavy atom. The van der Waals surface area contributed by atoms with Crippen LogP contribution in [0.4, 0.5) is 5.69 Å². The minimum Gasteiger partial charge on any atom is -0.398 e. The number of nitrogen functional groups attached to an aromatic ring is 1. The van der Waals surface area contributed by atoms with E-state index in [0.29, 0.717) is 5.69 Å². The number of nitrogens with two attached hydrogens (primary N) is 1. The van der Waals surface area contributed by atoms with Crippen LogP contribution in [0.1, 0.15) is 5.56 Å². The Morgan fingerprint density at radius 1 is 1.10 bits per heavy atom. The molecule has 0 aliphatic carbocycles. The number of nitrogens with one attached hydrogen (secondary N) is 1. The van der Waals surface area contributed by atoms with Gasteiger partial charge in [-0.2, -0.15) is 0 Å². The van der Waals surface area contributed by atoms with Gasteiger partial charge in [-0.3, -0.25) is 9.97 Å². The van der Waals surface area contributed by atoms with Gasteiger partial charge >= 0.3 is 0 Å². The van der Waals surface area contributed by atoms with E-state index in [1.54, 1.807) is 18.6 Å². The highest BCUT2D eigenvalue weighted by Gasteiger charge is 2.11. The predicted molar refractivity (Wildman–Crippen MR) is 83.8 cm³/mol. The molecule has 0 atom stereocenters. The average molecular weight is 275 g/mol. The molecule has 102 valence electrons. The van der Waals surface area contributed by atoms with Crippen molar-refractivity contribution >= 4 is 27.6 Å². The van der Waals surface area contributed by atoms with E-state index in [-0.39, 0.29) is 0 Å². The molecule has 4 aromatic rings. The van der Waals surface area contributed by atoms with Crippen LogP contribution in [0.25, 0.3) is 33.3 Å². The van der Waals surface area contributed by atoms with Crippen molar-refractivity contribution in [2.45, 2.75) is 6.92 Å². The number of imidazole rings is 1. The molecule has 0 saturated heterocycles. The van der Waals surface area contributed by atoms with E-state index >= 15 is 0 Å². The molecule has 0 saturated carbocycles. The Morgan fingerprint density at radius 2 is 2.00 bits per heavy atom. The lowest BCUT2D eigenvalue weighted by Crippen LogP contribution is -1.95. The minimum absolute atomic E-state index is 0.665. The molecule has 5 nitrogen and oxygen atoms in total. The van der Waals surface area contributed by atoms with Crippen LogP contribution in [0.15, 0.2) is 42.9 Å². The number of hydrogen-bond acceptors (Lipinski definition) is 4. The zero-order chi connectivity index (χ0) is 14.4. The van der Waals surface area contributed by atoms with Gasteiger partial charge in [-0.15, -0.1) is 0 Å². The summed E-state index contributed by atoms with van der Waals surface area (Å²) in [6.45, 7) is 2.05. The Balaban J connectivity index is 1.97. The summed E-state index contributed by atoms with van der Waals surface area (Å²) in [7, 11) is 0. The topological polar surface area (TPSA) is 80.5 Å². The number of nitrogens with zero attached hydrogens (tertiary/aromatic N) is 3. The third-order valence-electron chi connectivity index (χ3n) is 3.61. The molecule has 3 N–H and O–H groups in total. The first kappa shape index (κ1) is 11.8. The van der Waals surface area contributed by atoms with E-state index in [9.17, 15) is 0 Å². The van der Waals surface area contributed by atoms with Crippen LogP contribution in [-0.2, 0) is 0 Å². The van der Waals surface area contributed by atoms with E-state index in [1.807, 2.05) is 25.1 Å². The van der Waals surface area contributed by atoms with Crippen molar-refractivity contribution in [1.82, 2.24) is 19.9 Å². The number of aromatic nitrogens is 4. The summed E-state index contributed by atoms with van der Waals surface area (Å²) in [5, 5.41) is 0.888. The van der Waals surface area contributed by atoms with Gasteiger partial charge in [0.2, 0.25) is 0 Å². The fourth-order valence-corrected chi connectivity index (χ4v) is 2.50. The van der Waals surface area contributed by atoms with E-state index in [1.165, 1.54) is 5.56 Å². The van der Waals surface area contributed by atoms with Crippen LogP contribution in [0.5, 0.6) is 0 Å². The summed E-state index contributed by atoms with van der Waals surface area (Å²) in [6.07, 6.45) is 5.16. The van der Waals surface area contributed by atoms with E-state index < -0.39 is 0 Å². The second-order valence-corrected chi connectivity index (χ2v) is 5.08. The molecule has 21 heavy (non-hydrogen) atoms. The van der Waals surface area contributed by atoms with Gasteiger partial charge in [0, 0.05) is 17.8 Å². The molecule has 0 aliphatic heterocycles. The summed E-state index contributed by atoms with van der Waals surface area (Å²) in [5.74, 6) is 0.735. The number of pyridine rings is 2. The van der Waals surface area contributed by atoms with Crippen LogP contribution in [0.2, 0.25) is 0 Å². The summed E-state index contributed by atoms with van der Waals surface area (Å²) < 4.78 is 0. The molecule has 3 heterocycles.